The van der Waals surface area contributed by atoms with E-state index < -0.39 is 5.41 Å². The molecule has 1 fully saturated rings. The van der Waals surface area contributed by atoms with Crippen LogP contribution in [0.2, 0.25) is 0 Å². The fourth-order valence-electron chi connectivity index (χ4n) is 2.16. The molecule has 2 rings (SSSR count). The van der Waals surface area contributed by atoms with Crippen LogP contribution >= 0.6 is 11.3 Å². The SMILES string of the molecule is CCOC(=O)C1(COc2nccs2)CCOCCOCC1. The minimum atomic E-state index is -0.744. The van der Waals surface area contributed by atoms with Crippen molar-refractivity contribution in [1.29, 1.82) is 0 Å². The molecule has 21 heavy (non-hydrogen) atoms. The van der Waals surface area contributed by atoms with Gasteiger partial charge in [-0.1, -0.05) is 11.3 Å². The molecule has 0 amide bonds. The first kappa shape index (κ1) is 16.2. The molecule has 0 aliphatic carbocycles. The molecule has 6 nitrogen and oxygen atoms in total. The van der Waals surface area contributed by atoms with Crippen LogP contribution in [-0.4, -0.2) is 50.6 Å². The second kappa shape index (κ2) is 8.31. The zero-order valence-corrected chi connectivity index (χ0v) is 13.0. The number of aromatic nitrogens is 1. The monoisotopic (exact) mass is 315 g/mol. The minimum Gasteiger partial charge on any atom is -0.469 e. The Hall–Kier alpha value is -1.18. The van der Waals surface area contributed by atoms with Gasteiger partial charge in [-0.15, -0.1) is 0 Å². The van der Waals surface area contributed by atoms with E-state index in [0.29, 0.717) is 51.1 Å². The van der Waals surface area contributed by atoms with Gasteiger partial charge < -0.3 is 18.9 Å². The highest BCUT2D eigenvalue weighted by molar-refractivity contribution is 7.11. The zero-order valence-electron chi connectivity index (χ0n) is 12.2. The predicted molar refractivity (Wildman–Crippen MR) is 77.5 cm³/mol. The number of hydrogen-bond donors (Lipinski definition) is 0. The first-order valence-corrected chi connectivity index (χ1v) is 8.00. The van der Waals surface area contributed by atoms with Crippen molar-refractivity contribution < 1.29 is 23.7 Å². The van der Waals surface area contributed by atoms with Gasteiger partial charge in [0.2, 0.25) is 0 Å². The van der Waals surface area contributed by atoms with Crippen LogP contribution in [0.25, 0.3) is 0 Å². The third-order valence-electron chi connectivity index (χ3n) is 3.41. The Morgan fingerprint density at radius 1 is 1.33 bits per heavy atom. The first-order valence-electron chi connectivity index (χ1n) is 7.12. The van der Waals surface area contributed by atoms with E-state index in [-0.39, 0.29) is 12.6 Å². The van der Waals surface area contributed by atoms with Gasteiger partial charge in [-0.2, -0.15) is 0 Å². The highest BCUT2D eigenvalue weighted by atomic mass is 32.1. The quantitative estimate of drug-likeness (QED) is 0.773. The number of esters is 1. The second-order valence-electron chi connectivity index (χ2n) is 4.81. The lowest BCUT2D eigenvalue weighted by atomic mass is 9.82. The van der Waals surface area contributed by atoms with Crippen molar-refractivity contribution in [2.24, 2.45) is 5.41 Å². The van der Waals surface area contributed by atoms with Crippen molar-refractivity contribution in [2.75, 3.05) is 39.6 Å². The molecule has 0 bridgehead atoms. The van der Waals surface area contributed by atoms with E-state index in [0.717, 1.165) is 0 Å². The van der Waals surface area contributed by atoms with Crippen LogP contribution in [0.5, 0.6) is 5.19 Å². The fourth-order valence-corrected chi connectivity index (χ4v) is 2.64. The first-order chi connectivity index (χ1) is 10.3. The summed E-state index contributed by atoms with van der Waals surface area (Å²) < 4.78 is 21.9. The number of carbonyl (C=O) groups excluding carboxylic acids is 1. The fraction of sp³-hybridized carbons (Fsp3) is 0.714. The average Bonchev–Trinajstić information content (AvgIpc) is 3.02. The largest absolute Gasteiger partial charge is 0.469 e. The van der Waals surface area contributed by atoms with E-state index in [1.807, 2.05) is 5.38 Å². The normalized spacial score (nSPS) is 19.1. The standard InChI is InChI=1S/C14H21NO5S/c1-2-19-12(16)14(11-20-13-15-5-10-21-13)3-6-17-8-9-18-7-4-14/h5,10H,2-4,6-9,11H2,1H3. The molecular weight excluding hydrogens is 294 g/mol. The minimum absolute atomic E-state index is 0.228. The summed E-state index contributed by atoms with van der Waals surface area (Å²) >= 11 is 1.40. The van der Waals surface area contributed by atoms with E-state index in [2.05, 4.69) is 4.98 Å². The molecule has 0 unspecified atom stereocenters. The Morgan fingerprint density at radius 2 is 2.05 bits per heavy atom. The van der Waals surface area contributed by atoms with E-state index in [9.17, 15) is 4.79 Å². The molecule has 0 radical (unpaired) electrons. The highest BCUT2D eigenvalue weighted by Crippen LogP contribution is 2.31. The lowest BCUT2D eigenvalue weighted by molar-refractivity contribution is -0.160. The number of nitrogens with zero attached hydrogens (tertiary/aromatic N) is 1. The third-order valence-corrected chi connectivity index (χ3v) is 4.09. The Balaban J connectivity index is 2.08. The van der Waals surface area contributed by atoms with E-state index >= 15 is 0 Å². The highest BCUT2D eigenvalue weighted by Gasteiger charge is 2.41. The van der Waals surface area contributed by atoms with Crippen LogP contribution in [0, 0.1) is 5.41 Å². The molecule has 2 heterocycles. The van der Waals surface area contributed by atoms with Crippen LogP contribution in [0.15, 0.2) is 11.6 Å². The van der Waals surface area contributed by atoms with Crippen LogP contribution in [0.4, 0.5) is 0 Å². The Labute approximate surface area is 128 Å². The molecule has 1 aliphatic heterocycles. The molecule has 7 heteroatoms. The van der Waals surface area contributed by atoms with Crippen LogP contribution in [0.1, 0.15) is 19.8 Å². The number of rotatable bonds is 5. The maximum Gasteiger partial charge on any atom is 0.315 e. The lowest BCUT2D eigenvalue weighted by Crippen LogP contribution is -2.40. The van der Waals surface area contributed by atoms with Gasteiger partial charge >= 0.3 is 5.97 Å². The summed E-state index contributed by atoms with van der Waals surface area (Å²) in [7, 11) is 0. The summed E-state index contributed by atoms with van der Waals surface area (Å²) in [6, 6.07) is 0. The maximum atomic E-state index is 12.4. The predicted octanol–water partition coefficient (Wildman–Crippen LogP) is 1.90. The van der Waals surface area contributed by atoms with Gasteiger partial charge in [-0.25, -0.2) is 4.98 Å². The Kier molecular flexibility index (Phi) is 6.41. The van der Waals surface area contributed by atoms with Gasteiger partial charge in [0, 0.05) is 24.8 Å². The molecular formula is C14H21NO5S. The topological polar surface area (TPSA) is 66.9 Å². The number of carbonyl (C=O) groups is 1. The van der Waals surface area contributed by atoms with Crippen LogP contribution < -0.4 is 4.74 Å². The molecule has 0 saturated carbocycles. The summed E-state index contributed by atoms with van der Waals surface area (Å²) in [5.41, 5.74) is -0.744. The molecule has 0 N–H and O–H groups in total. The van der Waals surface area contributed by atoms with E-state index in [1.165, 1.54) is 11.3 Å². The molecule has 0 atom stereocenters. The molecule has 1 aliphatic rings. The second-order valence-corrected chi connectivity index (χ2v) is 5.67. The third kappa shape index (κ3) is 4.66. The van der Waals surface area contributed by atoms with Crippen molar-refractivity contribution in [2.45, 2.75) is 19.8 Å². The van der Waals surface area contributed by atoms with Crippen molar-refractivity contribution in [3.8, 4) is 5.19 Å². The van der Waals surface area contributed by atoms with Crippen molar-refractivity contribution >= 4 is 17.3 Å². The molecule has 1 aromatic rings. The van der Waals surface area contributed by atoms with Gasteiger partial charge in [0.1, 0.15) is 12.0 Å². The van der Waals surface area contributed by atoms with Crippen molar-refractivity contribution in [3.05, 3.63) is 11.6 Å². The van der Waals surface area contributed by atoms with Gasteiger partial charge in [-0.05, 0) is 19.8 Å². The summed E-state index contributed by atoms with van der Waals surface area (Å²) in [4.78, 5) is 16.5. The van der Waals surface area contributed by atoms with Crippen LogP contribution in [-0.2, 0) is 19.0 Å². The summed E-state index contributed by atoms with van der Waals surface area (Å²) in [6.07, 6.45) is 2.79. The number of hydrogen-bond acceptors (Lipinski definition) is 7. The Morgan fingerprint density at radius 3 is 2.62 bits per heavy atom. The number of ether oxygens (including phenoxy) is 4. The molecule has 0 aromatic carbocycles. The van der Waals surface area contributed by atoms with Gasteiger partial charge in [0.05, 0.1) is 19.8 Å². The van der Waals surface area contributed by atoms with E-state index in [1.54, 1.807) is 13.1 Å². The molecule has 118 valence electrons. The number of thiazole rings is 1. The summed E-state index contributed by atoms with van der Waals surface area (Å²) in [6.45, 7) is 4.45. The maximum absolute atomic E-state index is 12.4. The van der Waals surface area contributed by atoms with Gasteiger partial charge in [0.15, 0.2) is 0 Å². The summed E-state index contributed by atoms with van der Waals surface area (Å²) in [5.74, 6) is -0.254. The van der Waals surface area contributed by atoms with Crippen molar-refractivity contribution in [3.63, 3.8) is 0 Å². The average molecular weight is 315 g/mol. The Bertz CT molecular complexity index is 413. The van der Waals surface area contributed by atoms with Crippen molar-refractivity contribution in [1.82, 2.24) is 4.98 Å². The molecule has 0 spiro atoms. The smallest absolute Gasteiger partial charge is 0.315 e. The molecule has 1 aromatic heterocycles. The van der Waals surface area contributed by atoms with E-state index in [4.69, 9.17) is 18.9 Å². The van der Waals surface area contributed by atoms with Gasteiger partial charge in [0.25, 0.3) is 5.19 Å². The zero-order chi connectivity index (χ0) is 15.0. The molecule has 1 saturated heterocycles. The van der Waals surface area contributed by atoms with Crippen LogP contribution in [0.3, 0.4) is 0 Å². The van der Waals surface area contributed by atoms with Gasteiger partial charge in [-0.3, -0.25) is 4.79 Å². The summed E-state index contributed by atoms with van der Waals surface area (Å²) in [5, 5.41) is 2.39. The lowest BCUT2D eigenvalue weighted by Gasteiger charge is -2.30.